The molecule has 0 aliphatic heterocycles. The molecule has 0 saturated heterocycles. The Morgan fingerprint density at radius 1 is 0.594 bits per heavy atom. The number of methoxy groups -OCH3 is 2. The third-order valence-corrected chi connectivity index (χ3v) is 7.56. The van der Waals surface area contributed by atoms with Gasteiger partial charge in [-0.1, -0.05) is 48.5 Å². The highest BCUT2D eigenvalue weighted by Gasteiger charge is 2.32. The van der Waals surface area contributed by atoms with Gasteiger partial charge in [-0.2, -0.15) is 0 Å². The number of ketones is 2. The van der Waals surface area contributed by atoms with Crippen LogP contribution in [0.4, 0.5) is 0 Å². The van der Waals surface area contributed by atoms with E-state index in [1.165, 1.54) is 23.5 Å². The molecule has 1 aliphatic rings. The van der Waals surface area contributed by atoms with Crippen LogP contribution in [0.1, 0.15) is 31.8 Å². The van der Waals surface area contributed by atoms with Crippen molar-refractivity contribution in [1.29, 1.82) is 0 Å². The van der Waals surface area contributed by atoms with E-state index in [0.29, 0.717) is 32.4 Å². The fourth-order valence-electron chi connectivity index (χ4n) is 3.35. The van der Waals surface area contributed by atoms with Crippen molar-refractivity contribution in [3.05, 3.63) is 105 Å². The topological polar surface area (TPSA) is 52.6 Å². The second kappa shape index (κ2) is 10.1. The van der Waals surface area contributed by atoms with Crippen molar-refractivity contribution in [2.24, 2.45) is 0 Å². The Hall–Kier alpha value is -2.96. The second-order valence-electron chi connectivity index (χ2n) is 7.14. The molecule has 1 aliphatic carbocycles. The number of ether oxygens (including phenoxy) is 2. The lowest BCUT2D eigenvalue weighted by molar-refractivity contribution is 0.0988. The molecule has 6 heteroatoms. The lowest BCUT2D eigenvalue weighted by atomic mass is 9.94. The molecule has 0 unspecified atom stereocenters. The minimum absolute atomic E-state index is 0.0871. The van der Waals surface area contributed by atoms with Gasteiger partial charge in [-0.05, 0) is 35.4 Å². The van der Waals surface area contributed by atoms with Gasteiger partial charge in [-0.3, -0.25) is 9.59 Å². The first-order valence-electron chi connectivity index (χ1n) is 10.0. The number of allylic oxidation sites excluding steroid dienone is 2. The SMILES string of the molecule is COc1ccc(CSC2=C(SCc3ccc(OC)cc3)C(=O)c3ccccc3C2=O)cc1. The largest absolute Gasteiger partial charge is 0.497 e. The summed E-state index contributed by atoms with van der Waals surface area (Å²) < 4.78 is 10.4. The second-order valence-corrected chi connectivity index (χ2v) is 9.11. The van der Waals surface area contributed by atoms with E-state index in [1.807, 2.05) is 48.5 Å². The number of carbonyl (C=O) groups excluding carboxylic acids is 2. The van der Waals surface area contributed by atoms with Crippen LogP contribution in [0.5, 0.6) is 11.5 Å². The molecule has 0 aromatic heterocycles. The summed E-state index contributed by atoms with van der Waals surface area (Å²) >= 11 is 2.83. The first-order valence-corrected chi connectivity index (χ1v) is 12.0. The molecule has 0 heterocycles. The summed E-state index contributed by atoms with van der Waals surface area (Å²) in [5.41, 5.74) is 3.07. The highest BCUT2D eigenvalue weighted by atomic mass is 32.2. The van der Waals surface area contributed by atoms with Gasteiger partial charge in [0, 0.05) is 22.6 Å². The van der Waals surface area contributed by atoms with Crippen molar-refractivity contribution < 1.29 is 19.1 Å². The van der Waals surface area contributed by atoms with Gasteiger partial charge < -0.3 is 9.47 Å². The zero-order valence-corrected chi connectivity index (χ0v) is 19.4. The lowest BCUT2D eigenvalue weighted by Gasteiger charge is -2.20. The normalized spacial score (nSPS) is 13.2. The van der Waals surface area contributed by atoms with Gasteiger partial charge in [0.2, 0.25) is 11.6 Å². The van der Waals surface area contributed by atoms with Crippen LogP contribution in [-0.2, 0) is 11.5 Å². The maximum Gasteiger partial charge on any atom is 0.201 e. The van der Waals surface area contributed by atoms with Gasteiger partial charge >= 0.3 is 0 Å². The number of benzene rings is 3. The van der Waals surface area contributed by atoms with Crippen LogP contribution in [0.15, 0.2) is 82.6 Å². The first kappa shape index (κ1) is 22.2. The average Bonchev–Trinajstić information content (AvgIpc) is 2.85. The van der Waals surface area contributed by atoms with E-state index in [0.717, 1.165) is 22.6 Å². The molecule has 0 bridgehead atoms. The molecule has 0 amide bonds. The molecule has 0 fully saturated rings. The van der Waals surface area contributed by atoms with Crippen LogP contribution < -0.4 is 9.47 Å². The fourth-order valence-corrected chi connectivity index (χ4v) is 5.64. The zero-order chi connectivity index (χ0) is 22.5. The van der Waals surface area contributed by atoms with Gasteiger partial charge in [0.15, 0.2) is 0 Å². The molecule has 0 saturated carbocycles. The third-order valence-electron chi connectivity index (χ3n) is 5.12. The molecule has 0 spiro atoms. The molecule has 0 atom stereocenters. The number of hydrogen-bond acceptors (Lipinski definition) is 6. The minimum Gasteiger partial charge on any atom is -0.497 e. The zero-order valence-electron chi connectivity index (χ0n) is 17.8. The monoisotopic (exact) mass is 462 g/mol. The number of hydrogen-bond donors (Lipinski definition) is 0. The van der Waals surface area contributed by atoms with Crippen molar-refractivity contribution in [3.63, 3.8) is 0 Å². The Kier molecular flexibility index (Phi) is 7.02. The molecule has 3 aromatic rings. The molecule has 32 heavy (non-hydrogen) atoms. The summed E-state index contributed by atoms with van der Waals surface area (Å²) in [6.07, 6.45) is 0. The maximum atomic E-state index is 13.3. The summed E-state index contributed by atoms with van der Waals surface area (Å²) in [5, 5.41) is 0. The number of thioether (sulfide) groups is 2. The Labute approximate surface area is 196 Å². The van der Waals surface area contributed by atoms with E-state index in [1.54, 1.807) is 38.5 Å². The predicted octanol–water partition coefficient (Wildman–Crippen LogP) is 6.16. The molecular formula is C26H22O4S2. The predicted molar refractivity (Wildman–Crippen MR) is 131 cm³/mol. The summed E-state index contributed by atoms with van der Waals surface area (Å²) in [7, 11) is 3.26. The number of Topliss-reactive ketones (excluding diaryl/α,β-unsaturated/α-hetero) is 2. The smallest absolute Gasteiger partial charge is 0.201 e. The van der Waals surface area contributed by atoms with Crippen LogP contribution in [0.2, 0.25) is 0 Å². The van der Waals surface area contributed by atoms with Crippen LogP contribution in [0, 0.1) is 0 Å². The van der Waals surface area contributed by atoms with E-state index in [2.05, 4.69) is 0 Å². The Morgan fingerprint density at radius 2 is 0.969 bits per heavy atom. The van der Waals surface area contributed by atoms with Gasteiger partial charge in [0.1, 0.15) is 11.5 Å². The van der Waals surface area contributed by atoms with Crippen molar-refractivity contribution in [2.45, 2.75) is 11.5 Å². The average molecular weight is 463 g/mol. The lowest BCUT2D eigenvalue weighted by Crippen LogP contribution is -2.19. The van der Waals surface area contributed by atoms with E-state index < -0.39 is 0 Å². The van der Waals surface area contributed by atoms with Gasteiger partial charge in [0.05, 0.1) is 24.0 Å². The fraction of sp³-hybridized carbons (Fsp3) is 0.154. The standard InChI is InChI=1S/C26H22O4S2/c1-29-19-11-7-17(8-12-19)15-31-25-23(27)21-5-3-4-6-22(21)24(28)26(25)32-16-18-9-13-20(30-2)14-10-18/h3-14H,15-16H2,1-2H3. The van der Waals surface area contributed by atoms with Gasteiger partial charge in [0.25, 0.3) is 0 Å². The van der Waals surface area contributed by atoms with Crippen LogP contribution in [0.3, 0.4) is 0 Å². The highest BCUT2D eigenvalue weighted by Crippen LogP contribution is 2.40. The molecular weight excluding hydrogens is 440 g/mol. The van der Waals surface area contributed by atoms with Crippen LogP contribution in [0.25, 0.3) is 0 Å². The van der Waals surface area contributed by atoms with E-state index in [-0.39, 0.29) is 11.6 Å². The molecule has 162 valence electrons. The number of fused-ring (bicyclic) bond motifs is 1. The minimum atomic E-state index is -0.0871. The van der Waals surface area contributed by atoms with Crippen LogP contribution >= 0.6 is 23.5 Å². The summed E-state index contributed by atoms with van der Waals surface area (Å²) in [6, 6.07) is 22.5. The Balaban J connectivity index is 1.60. The molecule has 0 radical (unpaired) electrons. The van der Waals surface area contributed by atoms with E-state index >= 15 is 0 Å². The quantitative estimate of drug-likeness (QED) is 0.400. The highest BCUT2D eigenvalue weighted by molar-refractivity contribution is 8.07. The summed E-state index contributed by atoms with van der Waals surface area (Å²) in [6.45, 7) is 0. The Bertz CT molecular complexity index is 1070. The molecule has 0 N–H and O–H groups in total. The van der Waals surface area contributed by atoms with Gasteiger partial charge in [-0.25, -0.2) is 0 Å². The van der Waals surface area contributed by atoms with Gasteiger partial charge in [-0.15, -0.1) is 23.5 Å². The number of carbonyl (C=O) groups is 2. The van der Waals surface area contributed by atoms with Crippen molar-refractivity contribution in [2.75, 3.05) is 14.2 Å². The molecule has 4 rings (SSSR count). The molecule has 3 aromatic carbocycles. The molecule has 4 nitrogen and oxygen atoms in total. The first-order chi connectivity index (χ1) is 15.6. The maximum absolute atomic E-state index is 13.3. The van der Waals surface area contributed by atoms with Crippen molar-refractivity contribution >= 4 is 35.1 Å². The Morgan fingerprint density at radius 3 is 1.31 bits per heavy atom. The third kappa shape index (κ3) is 4.76. The number of rotatable bonds is 8. The summed E-state index contributed by atoms with van der Waals surface area (Å²) in [4.78, 5) is 27.7. The van der Waals surface area contributed by atoms with Crippen molar-refractivity contribution in [3.8, 4) is 11.5 Å². The summed E-state index contributed by atoms with van der Waals surface area (Å²) in [5.74, 6) is 2.57. The van der Waals surface area contributed by atoms with E-state index in [9.17, 15) is 9.59 Å². The van der Waals surface area contributed by atoms with Crippen molar-refractivity contribution in [1.82, 2.24) is 0 Å². The van der Waals surface area contributed by atoms with Crippen LogP contribution in [-0.4, -0.2) is 25.8 Å². The van der Waals surface area contributed by atoms with E-state index in [4.69, 9.17) is 9.47 Å².